The number of carbonyl (C=O) groups excluding carboxylic acids is 1. The van der Waals surface area contributed by atoms with Crippen molar-refractivity contribution in [3.05, 3.63) is 94.0 Å². The molecule has 0 N–H and O–H groups in total. The zero-order valence-electron chi connectivity index (χ0n) is 17.0. The van der Waals surface area contributed by atoms with Crippen LogP contribution in [0, 0.1) is 0 Å². The number of halogens is 2. The summed E-state index contributed by atoms with van der Waals surface area (Å²) in [5.41, 5.74) is 2.84. The number of benzene rings is 2. The Morgan fingerprint density at radius 3 is 2.72 bits per heavy atom. The number of rotatable bonds is 4. The molecule has 5 rings (SSSR count). The van der Waals surface area contributed by atoms with Crippen molar-refractivity contribution >= 4 is 45.7 Å². The molecule has 1 aliphatic heterocycles. The van der Waals surface area contributed by atoms with Crippen LogP contribution >= 0.6 is 23.2 Å². The Bertz CT molecular complexity index is 1350. The Hall–Kier alpha value is -3.35. The number of fused-ring (bicyclic) bond motifs is 1. The highest BCUT2D eigenvalue weighted by Crippen LogP contribution is 2.39. The van der Waals surface area contributed by atoms with Gasteiger partial charge in [0.15, 0.2) is 5.76 Å². The molecule has 1 aliphatic rings. The molecule has 32 heavy (non-hydrogen) atoms. The summed E-state index contributed by atoms with van der Waals surface area (Å²) in [7, 11) is 1.60. The maximum Gasteiger partial charge on any atom is 0.310 e. The van der Waals surface area contributed by atoms with Crippen molar-refractivity contribution in [2.75, 3.05) is 7.11 Å². The SMILES string of the molecule is COc1ccc2cc([C@H]3CC(c4ccccc4Cl)=NN3C(=O)c3ccco3)c(Cl)nc2c1. The normalized spacial score (nSPS) is 15.8. The first kappa shape index (κ1) is 20.5. The molecule has 0 radical (unpaired) electrons. The smallest absolute Gasteiger partial charge is 0.310 e. The lowest BCUT2D eigenvalue weighted by Crippen LogP contribution is -2.27. The van der Waals surface area contributed by atoms with Crippen LogP contribution in [0.25, 0.3) is 10.9 Å². The molecular weight excluding hydrogens is 449 g/mol. The van der Waals surface area contributed by atoms with Gasteiger partial charge in [-0.3, -0.25) is 4.79 Å². The first-order valence-electron chi connectivity index (χ1n) is 9.89. The number of methoxy groups -OCH3 is 1. The van der Waals surface area contributed by atoms with Gasteiger partial charge in [-0.25, -0.2) is 9.99 Å². The van der Waals surface area contributed by atoms with Gasteiger partial charge in [-0.05, 0) is 36.4 Å². The number of carbonyl (C=O) groups is 1. The van der Waals surface area contributed by atoms with Gasteiger partial charge in [0.05, 0.1) is 30.6 Å². The summed E-state index contributed by atoms with van der Waals surface area (Å²) in [6.45, 7) is 0. The number of pyridine rings is 1. The highest BCUT2D eigenvalue weighted by atomic mass is 35.5. The Balaban J connectivity index is 1.61. The van der Waals surface area contributed by atoms with E-state index in [4.69, 9.17) is 32.4 Å². The van der Waals surface area contributed by atoms with E-state index < -0.39 is 6.04 Å². The summed E-state index contributed by atoms with van der Waals surface area (Å²) in [4.78, 5) is 17.8. The van der Waals surface area contributed by atoms with E-state index >= 15 is 0 Å². The predicted octanol–water partition coefficient (Wildman–Crippen LogP) is 6.13. The van der Waals surface area contributed by atoms with Crippen LogP contribution in [0.4, 0.5) is 0 Å². The molecule has 2 aromatic heterocycles. The lowest BCUT2D eigenvalue weighted by Gasteiger charge is -2.22. The van der Waals surface area contributed by atoms with Gasteiger partial charge in [0.25, 0.3) is 0 Å². The van der Waals surface area contributed by atoms with E-state index in [1.807, 2.05) is 42.5 Å². The van der Waals surface area contributed by atoms with Crippen molar-refractivity contribution in [2.45, 2.75) is 12.5 Å². The zero-order valence-corrected chi connectivity index (χ0v) is 18.5. The third kappa shape index (κ3) is 3.61. The minimum atomic E-state index is -0.467. The molecule has 160 valence electrons. The van der Waals surface area contributed by atoms with Crippen LogP contribution in [0.2, 0.25) is 10.2 Å². The topological polar surface area (TPSA) is 67.9 Å². The predicted molar refractivity (Wildman–Crippen MR) is 124 cm³/mol. The number of nitrogens with zero attached hydrogens (tertiary/aromatic N) is 3. The molecule has 0 spiro atoms. The first-order chi connectivity index (χ1) is 15.5. The fourth-order valence-electron chi connectivity index (χ4n) is 3.81. The van der Waals surface area contributed by atoms with Crippen LogP contribution in [0.15, 0.2) is 76.4 Å². The summed E-state index contributed by atoms with van der Waals surface area (Å²) in [6.07, 6.45) is 1.88. The lowest BCUT2D eigenvalue weighted by molar-refractivity contribution is 0.0678. The summed E-state index contributed by atoms with van der Waals surface area (Å²) in [6, 6.07) is 17.7. The average Bonchev–Trinajstić information content (AvgIpc) is 3.49. The number of hydrogen-bond donors (Lipinski definition) is 0. The number of hydrogen-bond acceptors (Lipinski definition) is 5. The van der Waals surface area contributed by atoms with Crippen LogP contribution in [-0.2, 0) is 0 Å². The van der Waals surface area contributed by atoms with Crippen molar-refractivity contribution in [3.8, 4) is 5.75 Å². The number of amides is 1. The molecule has 0 fully saturated rings. The van der Waals surface area contributed by atoms with E-state index in [0.717, 1.165) is 10.9 Å². The standard InChI is InChI=1S/C24H17Cl2N3O3/c1-31-15-9-8-14-11-17(23(26)27-19(14)12-15)21-13-20(16-5-2-3-6-18(16)25)28-29(21)24(30)22-7-4-10-32-22/h2-12,21H,13H2,1H3/t21-/m1/s1. The van der Waals surface area contributed by atoms with E-state index in [-0.39, 0.29) is 11.7 Å². The van der Waals surface area contributed by atoms with Crippen LogP contribution in [0.3, 0.4) is 0 Å². The van der Waals surface area contributed by atoms with Crippen LogP contribution < -0.4 is 4.74 Å². The maximum atomic E-state index is 13.2. The molecule has 4 aromatic rings. The van der Waals surface area contributed by atoms with Crippen molar-refractivity contribution in [3.63, 3.8) is 0 Å². The minimum absolute atomic E-state index is 0.189. The van der Waals surface area contributed by atoms with E-state index in [9.17, 15) is 4.79 Å². The van der Waals surface area contributed by atoms with Gasteiger partial charge >= 0.3 is 5.91 Å². The second-order valence-corrected chi connectivity index (χ2v) is 8.07. The van der Waals surface area contributed by atoms with Gasteiger partial charge in [-0.2, -0.15) is 5.10 Å². The second-order valence-electron chi connectivity index (χ2n) is 7.30. The molecule has 0 bridgehead atoms. The molecule has 0 saturated heterocycles. The average molecular weight is 466 g/mol. The van der Waals surface area contributed by atoms with Crippen LogP contribution in [-0.4, -0.2) is 28.7 Å². The Morgan fingerprint density at radius 2 is 1.97 bits per heavy atom. The Morgan fingerprint density at radius 1 is 1.12 bits per heavy atom. The van der Waals surface area contributed by atoms with Crippen LogP contribution in [0.5, 0.6) is 5.75 Å². The minimum Gasteiger partial charge on any atom is -0.497 e. The molecule has 1 amide bonds. The third-order valence-electron chi connectivity index (χ3n) is 5.40. The number of aromatic nitrogens is 1. The lowest BCUT2D eigenvalue weighted by atomic mass is 9.98. The highest BCUT2D eigenvalue weighted by molar-refractivity contribution is 6.34. The third-order valence-corrected chi connectivity index (χ3v) is 6.03. The number of ether oxygens (including phenoxy) is 1. The van der Waals surface area contributed by atoms with Crippen molar-refractivity contribution in [1.82, 2.24) is 9.99 Å². The largest absolute Gasteiger partial charge is 0.497 e. The summed E-state index contributed by atoms with van der Waals surface area (Å²) < 4.78 is 10.6. The van der Waals surface area contributed by atoms with Gasteiger partial charge in [0.2, 0.25) is 0 Å². The van der Waals surface area contributed by atoms with Crippen LogP contribution in [0.1, 0.15) is 34.1 Å². The molecule has 3 heterocycles. The van der Waals surface area contributed by atoms with Gasteiger partial charge in [-0.1, -0.05) is 41.4 Å². The number of furan rings is 1. The van der Waals surface area contributed by atoms with Gasteiger partial charge in [-0.15, -0.1) is 0 Å². The fourth-order valence-corrected chi connectivity index (χ4v) is 4.33. The van der Waals surface area contributed by atoms with E-state index in [0.29, 0.717) is 39.1 Å². The Kier molecular flexibility index (Phi) is 5.33. The molecule has 8 heteroatoms. The molecular formula is C24H17Cl2N3O3. The number of hydrazone groups is 1. The molecule has 1 atom stereocenters. The van der Waals surface area contributed by atoms with E-state index in [1.165, 1.54) is 11.3 Å². The monoisotopic (exact) mass is 465 g/mol. The fraction of sp³-hybridized carbons (Fsp3) is 0.125. The Labute approximate surface area is 194 Å². The van der Waals surface area contributed by atoms with Crippen molar-refractivity contribution < 1.29 is 13.9 Å². The molecule has 0 unspecified atom stereocenters. The van der Waals surface area contributed by atoms with E-state index in [2.05, 4.69) is 10.1 Å². The highest BCUT2D eigenvalue weighted by Gasteiger charge is 2.36. The summed E-state index contributed by atoms with van der Waals surface area (Å²) in [5, 5.41) is 7.76. The maximum absolute atomic E-state index is 13.2. The van der Waals surface area contributed by atoms with E-state index in [1.54, 1.807) is 25.3 Å². The summed E-state index contributed by atoms with van der Waals surface area (Å²) >= 11 is 13.0. The van der Waals surface area contributed by atoms with Crippen molar-refractivity contribution in [1.29, 1.82) is 0 Å². The summed E-state index contributed by atoms with van der Waals surface area (Å²) in [5.74, 6) is 0.510. The molecule has 2 aromatic carbocycles. The van der Waals surface area contributed by atoms with Crippen molar-refractivity contribution in [2.24, 2.45) is 5.10 Å². The molecule has 0 saturated carbocycles. The zero-order chi connectivity index (χ0) is 22.2. The molecule has 6 nitrogen and oxygen atoms in total. The molecule has 0 aliphatic carbocycles. The van der Waals surface area contributed by atoms with Gasteiger partial charge in [0.1, 0.15) is 10.9 Å². The van der Waals surface area contributed by atoms with Gasteiger partial charge in [0, 0.05) is 34.0 Å². The van der Waals surface area contributed by atoms with Gasteiger partial charge < -0.3 is 9.15 Å². The quantitative estimate of drug-likeness (QED) is 0.339. The first-order valence-corrected chi connectivity index (χ1v) is 10.6. The second kappa shape index (κ2) is 8.30.